The number of nitrogens with one attached hydrogen (secondary N) is 1. The average Bonchev–Trinajstić information content (AvgIpc) is 3.14. The number of hydrogen-bond donors (Lipinski definition) is 2. The summed E-state index contributed by atoms with van der Waals surface area (Å²) in [5.41, 5.74) is 6.74. The molecule has 0 bridgehead atoms. The normalized spacial score (nSPS) is 10.5. The summed E-state index contributed by atoms with van der Waals surface area (Å²) in [6, 6.07) is 0. The van der Waals surface area contributed by atoms with Crippen LogP contribution in [0.3, 0.4) is 0 Å². The third kappa shape index (κ3) is 3.85. The molecule has 1 amide bonds. The second-order valence-corrected chi connectivity index (χ2v) is 4.32. The number of amides is 1. The second kappa shape index (κ2) is 7.26. The SMILES string of the molecule is COC(=O)Cn1nncc1CNC(=O)Cn1nncc1CN. The van der Waals surface area contributed by atoms with Gasteiger partial charge in [0, 0.05) is 6.54 Å². The average molecular weight is 308 g/mol. The highest BCUT2D eigenvalue weighted by atomic mass is 16.5. The fourth-order valence-corrected chi connectivity index (χ4v) is 1.69. The van der Waals surface area contributed by atoms with Gasteiger partial charge in [0.05, 0.1) is 37.4 Å². The molecule has 2 rings (SSSR count). The molecule has 0 aliphatic carbocycles. The van der Waals surface area contributed by atoms with E-state index >= 15 is 0 Å². The number of ether oxygens (including phenoxy) is 1. The number of aromatic nitrogens is 6. The number of methoxy groups -OCH3 is 1. The van der Waals surface area contributed by atoms with E-state index in [9.17, 15) is 9.59 Å². The number of carbonyl (C=O) groups is 2. The second-order valence-electron chi connectivity index (χ2n) is 4.32. The minimum Gasteiger partial charge on any atom is -0.468 e. The zero-order chi connectivity index (χ0) is 15.9. The molecular formula is C11H16N8O3. The summed E-state index contributed by atoms with van der Waals surface area (Å²) in [6.07, 6.45) is 2.96. The quantitative estimate of drug-likeness (QED) is 0.549. The largest absolute Gasteiger partial charge is 0.468 e. The molecule has 2 aromatic heterocycles. The van der Waals surface area contributed by atoms with Crippen LogP contribution in [-0.2, 0) is 40.5 Å². The van der Waals surface area contributed by atoms with Crippen LogP contribution >= 0.6 is 0 Å². The van der Waals surface area contributed by atoms with E-state index in [1.54, 1.807) is 0 Å². The Morgan fingerprint density at radius 2 is 1.82 bits per heavy atom. The molecule has 0 saturated heterocycles. The van der Waals surface area contributed by atoms with Gasteiger partial charge in [0.2, 0.25) is 5.91 Å². The van der Waals surface area contributed by atoms with Crippen LogP contribution in [0.15, 0.2) is 12.4 Å². The standard InChI is InChI=1S/C11H16N8O3/c1-22-11(21)7-19-9(5-15-17-19)3-13-10(20)6-18-8(2-12)4-14-16-18/h4-5H,2-3,6-7,12H2,1H3,(H,13,20). The summed E-state index contributed by atoms with van der Waals surface area (Å²) in [7, 11) is 1.29. The highest BCUT2D eigenvalue weighted by molar-refractivity contribution is 5.75. The summed E-state index contributed by atoms with van der Waals surface area (Å²) >= 11 is 0. The van der Waals surface area contributed by atoms with Gasteiger partial charge in [-0.25, -0.2) is 9.36 Å². The van der Waals surface area contributed by atoms with Crippen LogP contribution in [0.5, 0.6) is 0 Å². The van der Waals surface area contributed by atoms with Crippen molar-refractivity contribution in [2.45, 2.75) is 26.2 Å². The molecule has 11 heteroatoms. The van der Waals surface area contributed by atoms with Crippen LogP contribution in [0.1, 0.15) is 11.4 Å². The molecule has 0 atom stereocenters. The van der Waals surface area contributed by atoms with Gasteiger partial charge in [-0.15, -0.1) is 10.2 Å². The van der Waals surface area contributed by atoms with Crippen LogP contribution in [0.2, 0.25) is 0 Å². The Balaban J connectivity index is 1.89. The van der Waals surface area contributed by atoms with Gasteiger partial charge in [0.25, 0.3) is 0 Å². The minimum absolute atomic E-state index is 0.00506. The molecule has 2 heterocycles. The van der Waals surface area contributed by atoms with Crippen molar-refractivity contribution in [3.63, 3.8) is 0 Å². The lowest BCUT2D eigenvalue weighted by atomic mass is 10.4. The Bertz CT molecular complexity index is 649. The lowest BCUT2D eigenvalue weighted by Gasteiger charge is -2.08. The lowest BCUT2D eigenvalue weighted by Crippen LogP contribution is -2.30. The molecule has 118 valence electrons. The van der Waals surface area contributed by atoms with E-state index in [1.807, 2.05) is 0 Å². The topological polar surface area (TPSA) is 143 Å². The van der Waals surface area contributed by atoms with E-state index in [4.69, 9.17) is 5.73 Å². The number of nitrogens with two attached hydrogens (primary N) is 1. The molecule has 2 aromatic rings. The molecule has 0 saturated carbocycles. The van der Waals surface area contributed by atoms with Gasteiger partial charge in [-0.1, -0.05) is 10.4 Å². The molecule has 0 radical (unpaired) electrons. The zero-order valence-corrected chi connectivity index (χ0v) is 12.0. The first-order chi connectivity index (χ1) is 10.6. The lowest BCUT2D eigenvalue weighted by molar-refractivity contribution is -0.141. The number of nitrogens with zero attached hydrogens (tertiary/aromatic N) is 6. The monoisotopic (exact) mass is 308 g/mol. The van der Waals surface area contributed by atoms with Crippen molar-refractivity contribution in [1.82, 2.24) is 35.3 Å². The summed E-state index contributed by atoms with van der Waals surface area (Å²) < 4.78 is 7.32. The van der Waals surface area contributed by atoms with E-state index in [1.165, 1.54) is 28.9 Å². The van der Waals surface area contributed by atoms with Crippen molar-refractivity contribution in [1.29, 1.82) is 0 Å². The van der Waals surface area contributed by atoms with Gasteiger partial charge < -0.3 is 15.8 Å². The number of rotatable bonds is 7. The van der Waals surface area contributed by atoms with Crippen LogP contribution in [0.4, 0.5) is 0 Å². The summed E-state index contributed by atoms with van der Waals surface area (Å²) in [4.78, 5) is 23.1. The van der Waals surface area contributed by atoms with Crippen LogP contribution in [-0.4, -0.2) is 49.0 Å². The van der Waals surface area contributed by atoms with Crippen molar-refractivity contribution < 1.29 is 14.3 Å². The predicted octanol–water partition coefficient (Wildman–Crippen LogP) is -2.18. The van der Waals surface area contributed by atoms with Crippen molar-refractivity contribution in [3.8, 4) is 0 Å². The summed E-state index contributed by atoms with van der Waals surface area (Å²) in [6.45, 7) is 0.360. The third-order valence-corrected chi connectivity index (χ3v) is 2.87. The van der Waals surface area contributed by atoms with E-state index < -0.39 is 5.97 Å². The minimum atomic E-state index is -0.451. The first kappa shape index (κ1) is 15.6. The fraction of sp³-hybridized carbons (Fsp3) is 0.455. The van der Waals surface area contributed by atoms with Crippen LogP contribution in [0, 0.1) is 0 Å². The Labute approximate surface area is 125 Å². The maximum atomic E-state index is 11.9. The summed E-state index contributed by atoms with van der Waals surface area (Å²) in [5, 5.41) is 17.6. The fourth-order valence-electron chi connectivity index (χ4n) is 1.69. The summed E-state index contributed by atoms with van der Waals surface area (Å²) in [5.74, 6) is -0.723. The molecule has 0 spiro atoms. The smallest absolute Gasteiger partial charge is 0.327 e. The van der Waals surface area contributed by atoms with Gasteiger partial charge >= 0.3 is 5.97 Å². The van der Waals surface area contributed by atoms with Gasteiger partial charge in [0.1, 0.15) is 13.1 Å². The molecule has 0 aliphatic heterocycles. The van der Waals surface area contributed by atoms with E-state index in [-0.39, 0.29) is 32.1 Å². The Morgan fingerprint density at radius 3 is 2.45 bits per heavy atom. The van der Waals surface area contributed by atoms with Crippen LogP contribution in [0.25, 0.3) is 0 Å². The molecule has 0 fully saturated rings. The number of hydrogen-bond acceptors (Lipinski definition) is 8. The molecule has 11 nitrogen and oxygen atoms in total. The Hall–Kier alpha value is -2.82. The molecule has 0 aromatic carbocycles. The van der Waals surface area contributed by atoms with Crippen molar-refractivity contribution in [3.05, 3.63) is 23.8 Å². The third-order valence-electron chi connectivity index (χ3n) is 2.87. The van der Waals surface area contributed by atoms with Crippen molar-refractivity contribution >= 4 is 11.9 Å². The molecule has 0 aliphatic rings. The molecule has 3 N–H and O–H groups in total. The molecular weight excluding hydrogens is 292 g/mol. The van der Waals surface area contributed by atoms with Gasteiger partial charge in [-0.05, 0) is 0 Å². The van der Waals surface area contributed by atoms with Crippen LogP contribution < -0.4 is 11.1 Å². The van der Waals surface area contributed by atoms with Gasteiger partial charge in [-0.3, -0.25) is 9.59 Å². The van der Waals surface area contributed by atoms with E-state index in [2.05, 4.69) is 30.7 Å². The molecule has 22 heavy (non-hydrogen) atoms. The Morgan fingerprint density at radius 1 is 1.18 bits per heavy atom. The van der Waals surface area contributed by atoms with Crippen molar-refractivity contribution in [2.75, 3.05) is 7.11 Å². The first-order valence-corrected chi connectivity index (χ1v) is 6.42. The zero-order valence-electron chi connectivity index (χ0n) is 12.0. The molecule has 0 unspecified atom stereocenters. The predicted molar refractivity (Wildman–Crippen MR) is 71.8 cm³/mol. The van der Waals surface area contributed by atoms with E-state index in [0.29, 0.717) is 11.4 Å². The highest BCUT2D eigenvalue weighted by Gasteiger charge is 2.11. The maximum Gasteiger partial charge on any atom is 0.327 e. The highest BCUT2D eigenvalue weighted by Crippen LogP contribution is 1.98. The number of esters is 1. The van der Waals surface area contributed by atoms with Gasteiger partial charge in [-0.2, -0.15) is 0 Å². The van der Waals surface area contributed by atoms with Gasteiger partial charge in [0.15, 0.2) is 0 Å². The Kier molecular flexibility index (Phi) is 5.14. The number of carbonyl (C=O) groups excluding carboxylic acids is 2. The van der Waals surface area contributed by atoms with E-state index in [0.717, 1.165) is 0 Å². The maximum absolute atomic E-state index is 11.9. The first-order valence-electron chi connectivity index (χ1n) is 6.42. The van der Waals surface area contributed by atoms with Crippen molar-refractivity contribution in [2.24, 2.45) is 5.73 Å².